The fourth-order valence-electron chi connectivity index (χ4n) is 3.27. The van der Waals surface area contributed by atoms with Crippen molar-refractivity contribution in [1.29, 1.82) is 0 Å². The van der Waals surface area contributed by atoms with Crippen LogP contribution in [0.25, 0.3) is 0 Å². The molecular formula is C19H19ClN2O3S. The van der Waals surface area contributed by atoms with Crippen molar-refractivity contribution in [2.24, 2.45) is 5.92 Å². The molecule has 0 spiro atoms. The van der Waals surface area contributed by atoms with Gasteiger partial charge in [0.1, 0.15) is 0 Å². The first-order valence-corrected chi connectivity index (χ1v) is 10.5. The summed E-state index contributed by atoms with van der Waals surface area (Å²) in [6.45, 7) is 0.687. The van der Waals surface area contributed by atoms with Gasteiger partial charge >= 0.3 is 0 Å². The highest BCUT2D eigenvalue weighted by Crippen LogP contribution is 2.37. The number of aryl methyl sites for hydroxylation is 1. The number of benzene rings is 2. The number of halogens is 1. The number of hydrogen-bond acceptors (Lipinski definition) is 3. The molecule has 2 aromatic carbocycles. The van der Waals surface area contributed by atoms with E-state index in [4.69, 9.17) is 11.6 Å². The van der Waals surface area contributed by atoms with Crippen LogP contribution >= 0.6 is 11.6 Å². The molecule has 0 atom stereocenters. The van der Waals surface area contributed by atoms with Crippen LogP contribution in [0.15, 0.2) is 47.4 Å². The topological polar surface area (TPSA) is 66.5 Å². The number of hydrogen-bond donors (Lipinski definition) is 1. The molecule has 0 radical (unpaired) electrons. The normalized spacial score (nSPS) is 16.9. The van der Waals surface area contributed by atoms with Gasteiger partial charge < -0.3 is 4.90 Å². The Morgan fingerprint density at radius 3 is 2.69 bits per heavy atom. The van der Waals surface area contributed by atoms with Gasteiger partial charge in [-0.2, -0.15) is 0 Å². The van der Waals surface area contributed by atoms with Crippen molar-refractivity contribution < 1.29 is 13.2 Å². The van der Waals surface area contributed by atoms with Crippen LogP contribution in [0.1, 0.15) is 24.8 Å². The first-order chi connectivity index (χ1) is 12.4. The molecule has 5 nitrogen and oxygen atoms in total. The third-order valence-corrected chi connectivity index (χ3v) is 6.37. The van der Waals surface area contributed by atoms with Crippen molar-refractivity contribution in [2.75, 3.05) is 16.2 Å². The Labute approximate surface area is 158 Å². The maximum Gasteiger partial charge on any atom is 0.261 e. The third kappa shape index (κ3) is 3.44. The lowest BCUT2D eigenvalue weighted by Crippen LogP contribution is -2.36. The zero-order valence-electron chi connectivity index (χ0n) is 14.1. The van der Waals surface area contributed by atoms with Crippen molar-refractivity contribution >= 4 is 38.9 Å². The van der Waals surface area contributed by atoms with Crippen LogP contribution in [-0.4, -0.2) is 20.9 Å². The molecule has 7 heteroatoms. The van der Waals surface area contributed by atoms with Gasteiger partial charge in [0.05, 0.1) is 10.6 Å². The van der Waals surface area contributed by atoms with Gasteiger partial charge in [0.25, 0.3) is 10.0 Å². The Bertz CT molecular complexity index is 970. The summed E-state index contributed by atoms with van der Waals surface area (Å²) < 4.78 is 27.8. The highest BCUT2D eigenvalue weighted by Gasteiger charge is 2.35. The summed E-state index contributed by atoms with van der Waals surface area (Å²) in [5, 5.41) is 0.361. The summed E-state index contributed by atoms with van der Waals surface area (Å²) in [7, 11) is -3.74. The first-order valence-electron chi connectivity index (χ1n) is 8.67. The van der Waals surface area contributed by atoms with Crippen molar-refractivity contribution in [1.82, 2.24) is 0 Å². The molecule has 1 N–H and O–H groups in total. The Kier molecular flexibility index (Phi) is 4.40. The summed E-state index contributed by atoms with van der Waals surface area (Å²) in [4.78, 5) is 14.5. The van der Waals surface area contributed by atoms with E-state index in [1.165, 1.54) is 12.1 Å². The van der Waals surface area contributed by atoms with Crippen LogP contribution in [0.4, 0.5) is 11.4 Å². The summed E-state index contributed by atoms with van der Waals surface area (Å²) in [5.41, 5.74) is 2.34. The van der Waals surface area contributed by atoms with Crippen molar-refractivity contribution in [3.05, 3.63) is 53.1 Å². The largest absolute Gasteiger partial charge is 0.312 e. The highest BCUT2D eigenvalue weighted by molar-refractivity contribution is 7.92. The molecule has 136 valence electrons. The second-order valence-electron chi connectivity index (χ2n) is 6.77. The predicted octanol–water partition coefficient (Wildman–Crippen LogP) is 3.83. The van der Waals surface area contributed by atoms with Crippen LogP contribution in [0.3, 0.4) is 0 Å². The number of rotatable bonds is 4. The summed E-state index contributed by atoms with van der Waals surface area (Å²) in [6.07, 6.45) is 3.72. The van der Waals surface area contributed by atoms with Gasteiger partial charge in [0.15, 0.2) is 0 Å². The smallest absolute Gasteiger partial charge is 0.261 e. The lowest BCUT2D eigenvalue weighted by atomic mass is 10.0. The average molecular weight is 391 g/mol. The number of nitrogens with zero attached hydrogens (tertiary/aromatic N) is 1. The van der Waals surface area contributed by atoms with E-state index in [1.54, 1.807) is 24.3 Å². The van der Waals surface area contributed by atoms with Crippen LogP contribution in [0.5, 0.6) is 0 Å². The summed E-state index contributed by atoms with van der Waals surface area (Å²) in [5.74, 6) is 0.286. The zero-order valence-corrected chi connectivity index (χ0v) is 15.7. The molecule has 1 amide bonds. The van der Waals surface area contributed by atoms with E-state index in [0.717, 1.165) is 36.9 Å². The zero-order chi connectivity index (χ0) is 18.3. The second kappa shape index (κ2) is 6.59. The van der Waals surface area contributed by atoms with Crippen molar-refractivity contribution in [2.45, 2.75) is 30.6 Å². The lowest BCUT2D eigenvalue weighted by Gasteiger charge is -2.30. The number of nitrogens with one attached hydrogen (secondary N) is 1. The van der Waals surface area contributed by atoms with E-state index in [-0.39, 0.29) is 16.7 Å². The van der Waals surface area contributed by atoms with E-state index in [2.05, 4.69) is 4.72 Å². The quantitative estimate of drug-likeness (QED) is 0.862. The fourth-order valence-corrected chi connectivity index (χ4v) is 4.62. The molecule has 1 saturated carbocycles. The number of sulfonamides is 1. The minimum absolute atomic E-state index is 0.105. The van der Waals surface area contributed by atoms with E-state index in [1.807, 2.05) is 11.0 Å². The maximum absolute atomic E-state index is 12.6. The lowest BCUT2D eigenvalue weighted by molar-refractivity contribution is -0.119. The minimum atomic E-state index is -3.74. The van der Waals surface area contributed by atoms with E-state index >= 15 is 0 Å². The van der Waals surface area contributed by atoms with Crippen molar-refractivity contribution in [3.8, 4) is 0 Å². The molecule has 0 saturated heterocycles. The van der Waals surface area contributed by atoms with Gasteiger partial charge in [-0.3, -0.25) is 9.52 Å². The van der Waals surface area contributed by atoms with E-state index in [9.17, 15) is 13.2 Å². The van der Waals surface area contributed by atoms with E-state index in [0.29, 0.717) is 17.3 Å². The Hall–Kier alpha value is -2.05. The van der Waals surface area contributed by atoms with Crippen LogP contribution in [0.2, 0.25) is 5.02 Å². The van der Waals surface area contributed by atoms with Gasteiger partial charge in [-0.05, 0) is 61.6 Å². The molecule has 4 rings (SSSR count). The molecule has 1 heterocycles. The highest BCUT2D eigenvalue weighted by atomic mass is 35.5. The summed E-state index contributed by atoms with van der Waals surface area (Å²) in [6, 6.07) is 11.5. The molecule has 0 aromatic heterocycles. The molecule has 1 fully saturated rings. The Morgan fingerprint density at radius 1 is 1.15 bits per heavy atom. The monoisotopic (exact) mass is 390 g/mol. The van der Waals surface area contributed by atoms with Crippen LogP contribution in [0, 0.1) is 5.92 Å². The van der Waals surface area contributed by atoms with Gasteiger partial charge in [-0.15, -0.1) is 0 Å². The van der Waals surface area contributed by atoms with Crippen LogP contribution in [-0.2, 0) is 21.2 Å². The third-order valence-electron chi connectivity index (χ3n) is 4.76. The van der Waals surface area contributed by atoms with Gasteiger partial charge in [-0.1, -0.05) is 23.7 Å². The molecule has 0 unspecified atom stereocenters. The Morgan fingerprint density at radius 2 is 1.96 bits per heavy atom. The number of carbonyl (C=O) groups is 1. The second-order valence-corrected chi connectivity index (χ2v) is 8.89. The molecule has 0 bridgehead atoms. The molecule has 26 heavy (non-hydrogen) atoms. The summed E-state index contributed by atoms with van der Waals surface area (Å²) >= 11 is 5.90. The van der Waals surface area contributed by atoms with Gasteiger partial charge in [0, 0.05) is 23.2 Å². The van der Waals surface area contributed by atoms with Crippen LogP contribution < -0.4 is 9.62 Å². The average Bonchev–Trinajstić information content (AvgIpc) is 3.45. The minimum Gasteiger partial charge on any atom is -0.312 e. The molecule has 2 aromatic rings. The Balaban J connectivity index is 1.64. The number of anilines is 2. The fraction of sp³-hybridized carbons (Fsp3) is 0.316. The number of carbonyl (C=O) groups excluding carboxylic acids is 1. The molecule has 1 aliphatic heterocycles. The number of fused-ring (bicyclic) bond motifs is 1. The SMILES string of the molecule is O=C(C1CC1)N1CCCc2ccc(NS(=O)(=O)c3cccc(Cl)c3)cc21. The standard InChI is InChI=1S/C19H19ClN2O3S/c20-15-4-1-5-17(11-15)26(24,25)21-16-9-8-13-3-2-10-22(18(13)12-16)19(23)14-6-7-14/h1,4-5,8-9,11-12,14,21H,2-3,6-7,10H2. The first kappa shape index (κ1) is 17.4. The molecule has 1 aliphatic carbocycles. The van der Waals surface area contributed by atoms with Crippen molar-refractivity contribution in [3.63, 3.8) is 0 Å². The van der Waals surface area contributed by atoms with E-state index < -0.39 is 10.0 Å². The van der Waals surface area contributed by atoms with Gasteiger partial charge in [0.2, 0.25) is 5.91 Å². The maximum atomic E-state index is 12.6. The molecule has 2 aliphatic rings. The number of amides is 1. The van der Waals surface area contributed by atoms with Gasteiger partial charge in [-0.25, -0.2) is 8.42 Å². The predicted molar refractivity (Wildman–Crippen MR) is 102 cm³/mol. The molecular weight excluding hydrogens is 372 g/mol.